The minimum atomic E-state index is -0.783. The lowest BCUT2D eigenvalue weighted by Gasteiger charge is -2.26. The minimum Gasteiger partial charge on any atom is -0.507 e. The number of hydrogen-bond donors (Lipinski definition) is 1. The Balaban J connectivity index is 1.69. The second-order valence-corrected chi connectivity index (χ2v) is 10.4. The minimum absolute atomic E-state index is 0.0307. The van der Waals surface area contributed by atoms with Crippen molar-refractivity contribution < 1.29 is 19.4 Å². The largest absolute Gasteiger partial charge is 0.507 e. The third kappa shape index (κ3) is 4.66. The predicted octanol–water partition coefficient (Wildman–Crippen LogP) is 6.60. The first-order valence-electron chi connectivity index (χ1n) is 13.0. The number of carbonyl (C=O) groups is 2. The van der Waals surface area contributed by atoms with Gasteiger partial charge in [0.05, 0.1) is 17.7 Å². The van der Waals surface area contributed by atoms with E-state index in [1.165, 1.54) is 16.0 Å². The molecule has 2 aliphatic rings. The third-order valence-electron chi connectivity index (χ3n) is 7.38. The van der Waals surface area contributed by atoms with Crippen molar-refractivity contribution in [1.29, 1.82) is 0 Å². The number of amides is 1. The van der Waals surface area contributed by atoms with E-state index in [4.69, 9.17) is 4.74 Å². The average molecular weight is 496 g/mol. The first-order chi connectivity index (χ1) is 17.7. The molecule has 5 rings (SSSR count). The van der Waals surface area contributed by atoms with Crippen LogP contribution in [0.25, 0.3) is 5.76 Å². The molecule has 190 valence electrons. The molecule has 5 heteroatoms. The molecule has 37 heavy (non-hydrogen) atoms. The zero-order valence-corrected chi connectivity index (χ0v) is 21.9. The summed E-state index contributed by atoms with van der Waals surface area (Å²) in [6.07, 6.45) is 4.21. The van der Waals surface area contributed by atoms with Gasteiger partial charge in [-0.2, -0.15) is 0 Å². The fraction of sp³-hybridized carbons (Fsp3) is 0.312. The summed E-state index contributed by atoms with van der Waals surface area (Å²) >= 11 is 0. The Kier molecular flexibility index (Phi) is 6.63. The van der Waals surface area contributed by atoms with E-state index in [1.807, 2.05) is 88.4 Å². The molecule has 0 saturated carbocycles. The van der Waals surface area contributed by atoms with Crippen molar-refractivity contribution in [2.75, 3.05) is 4.90 Å². The van der Waals surface area contributed by atoms with Crippen molar-refractivity contribution in [1.82, 2.24) is 0 Å². The number of aliphatic hydroxyl groups excluding tert-OH is 1. The number of carbonyl (C=O) groups excluding carboxylic acids is 2. The summed E-state index contributed by atoms with van der Waals surface area (Å²) in [5.74, 6) is -0.832. The molecule has 1 N–H and O–H groups in total. The molecular weight excluding hydrogens is 462 g/mol. The van der Waals surface area contributed by atoms with Crippen LogP contribution in [0.3, 0.4) is 0 Å². The monoisotopic (exact) mass is 495 g/mol. The molecular formula is C32H33NO4. The highest BCUT2D eigenvalue weighted by molar-refractivity contribution is 6.51. The van der Waals surface area contributed by atoms with E-state index < -0.39 is 17.7 Å². The molecule has 1 unspecified atom stereocenters. The van der Waals surface area contributed by atoms with E-state index in [1.54, 1.807) is 0 Å². The van der Waals surface area contributed by atoms with Crippen LogP contribution in [-0.4, -0.2) is 22.9 Å². The lowest BCUT2D eigenvalue weighted by atomic mass is 9.88. The number of nitrogens with zero attached hydrogens (tertiary/aromatic N) is 1. The number of benzene rings is 3. The number of rotatable bonds is 5. The van der Waals surface area contributed by atoms with Crippen molar-refractivity contribution in [3.05, 3.63) is 99.6 Å². The van der Waals surface area contributed by atoms with Gasteiger partial charge in [0, 0.05) is 11.3 Å². The van der Waals surface area contributed by atoms with E-state index in [9.17, 15) is 14.7 Å². The fourth-order valence-electron chi connectivity index (χ4n) is 5.36. The first-order valence-corrected chi connectivity index (χ1v) is 13.0. The fourth-order valence-corrected chi connectivity index (χ4v) is 5.36. The number of aryl methyl sites for hydroxylation is 4. The Hall–Kier alpha value is -3.86. The van der Waals surface area contributed by atoms with Crippen molar-refractivity contribution in [2.24, 2.45) is 0 Å². The van der Waals surface area contributed by atoms with Crippen LogP contribution in [0.5, 0.6) is 5.75 Å². The van der Waals surface area contributed by atoms with Crippen LogP contribution in [-0.2, 0) is 22.4 Å². The van der Waals surface area contributed by atoms with E-state index in [2.05, 4.69) is 0 Å². The lowest BCUT2D eigenvalue weighted by Crippen LogP contribution is -2.29. The molecule has 0 bridgehead atoms. The maximum absolute atomic E-state index is 13.6. The van der Waals surface area contributed by atoms with Gasteiger partial charge in [0.25, 0.3) is 11.7 Å². The van der Waals surface area contributed by atoms with Crippen molar-refractivity contribution in [2.45, 2.75) is 65.5 Å². The van der Waals surface area contributed by atoms with Gasteiger partial charge in [0.1, 0.15) is 11.5 Å². The SMILES string of the molecule is Cc1ccc(N2C(=O)C(=O)/C(=C(\O)c3ccc4c(c3)CCCC4)C2c2cccc(OC(C)C)c2)cc1C. The molecule has 1 saturated heterocycles. The molecule has 5 nitrogen and oxygen atoms in total. The number of Topliss-reactive ketones (excluding diaryl/α,β-unsaturated/α-hetero) is 1. The molecule has 0 spiro atoms. The molecule has 1 aliphatic heterocycles. The van der Waals surface area contributed by atoms with Crippen LogP contribution in [0.4, 0.5) is 5.69 Å². The van der Waals surface area contributed by atoms with Crippen LogP contribution < -0.4 is 9.64 Å². The Bertz CT molecular complexity index is 1420. The summed E-state index contributed by atoms with van der Waals surface area (Å²) in [7, 11) is 0. The highest BCUT2D eigenvalue weighted by Crippen LogP contribution is 2.43. The Morgan fingerprint density at radius 2 is 1.68 bits per heavy atom. The topological polar surface area (TPSA) is 66.8 Å². The molecule has 1 fully saturated rings. The summed E-state index contributed by atoms with van der Waals surface area (Å²) in [6.45, 7) is 7.88. The second-order valence-electron chi connectivity index (χ2n) is 10.4. The number of fused-ring (bicyclic) bond motifs is 1. The van der Waals surface area contributed by atoms with E-state index in [-0.39, 0.29) is 17.4 Å². The predicted molar refractivity (Wildman–Crippen MR) is 146 cm³/mol. The molecule has 3 aromatic rings. The molecule has 1 heterocycles. The van der Waals surface area contributed by atoms with Gasteiger partial charge in [-0.05, 0) is 112 Å². The van der Waals surface area contributed by atoms with Crippen LogP contribution in [0, 0.1) is 13.8 Å². The quantitative estimate of drug-likeness (QED) is 0.246. The zero-order valence-electron chi connectivity index (χ0n) is 21.9. The van der Waals surface area contributed by atoms with Gasteiger partial charge in [-0.25, -0.2) is 0 Å². The second kappa shape index (κ2) is 9.89. The van der Waals surface area contributed by atoms with Gasteiger partial charge in [-0.3, -0.25) is 14.5 Å². The Morgan fingerprint density at radius 1 is 0.919 bits per heavy atom. The summed E-state index contributed by atoms with van der Waals surface area (Å²) < 4.78 is 5.92. The van der Waals surface area contributed by atoms with Crippen molar-refractivity contribution in [3.8, 4) is 5.75 Å². The number of ketones is 1. The number of aliphatic hydroxyl groups is 1. The average Bonchev–Trinajstić information content (AvgIpc) is 3.15. The molecule has 0 aromatic heterocycles. The van der Waals surface area contributed by atoms with E-state index >= 15 is 0 Å². The van der Waals surface area contributed by atoms with Crippen LogP contribution in [0.1, 0.15) is 66.1 Å². The Morgan fingerprint density at radius 3 is 2.41 bits per heavy atom. The summed E-state index contributed by atoms with van der Waals surface area (Å²) in [4.78, 5) is 28.6. The summed E-state index contributed by atoms with van der Waals surface area (Å²) in [5.41, 5.74) is 6.59. The highest BCUT2D eigenvalue weighted by Gasteiger charge is 2.47. The van der Waals surface area contributed by atoms with Crippen molar-refractivity contribution in [3.63, 3.8) is 0 Å². The van der Waals surface area contributed by atoms with Gasteiger partial charge in [0.15, 0.2) is 0 Å². The maximum Gasteiger partial charge on any atom is 0.300 e. The lowest BCUT2D eigenvalue weighted by molar-refractivity contribution is -0.132. The normalized spacial score (nSPS) is 18.8. The summed E-state index contributed by atoms with van der Waals surface area (Å²) in [6, 6.07) is 18.2. The van der Waals surface area contributed by atoms with Crippen LogP contribution in [0.15, 0.2) is 66.2 Å². The maximum atomic E-state index is 13.6. The van der Waals surface area contributed by atoms with Gasteiger partial charge >= 0.3 is 0 Å². The highest BCUT2D eigenvalue weighted by atomic mass is 16.5. The zero-order chi connectivity index (χ0) is 26.3. The van der Waals surface area contributed by atoms with Crippen LogP contribution in [0.2, 0.25) is 0 Å². The van der Waals surface area contributed by atoms with E-state index in [0.29, 0.717) is 22.6 Å². The molecule has 1 amide bonds. The molecule has 1 atom stereocenters. The Labute approximate surface area is 218 Å². The van der Waals surface area contributed by atoms with E-state index in [0.717, 1.165) is 36.8 Å². The molecule has 0 radical (unpaired) electrons. The van der Waals surface area contributed by atoms with Gasteiger partial charge < -0.3 is 9.84 Å². The number of anilines is 1. The number of hydrogen-bond acceptors (Lipinski definition) is 4. The third-order valence-corrected chi connectivity index (χ3v) is 7.38. The smallest absolute Gasteiger partial charge is 0.300 e. The van der Waals surface area contributed by atoms with Gasteiger partial charge in [-0.15, -0.1) is 0 Å². The van der Waals surface area contributed by atoms with Gasteiger partial charge in [-0.1, -0.05) is 30.3 Å². The van der Waals surface area contributed by atoms with Gasteiger partial charge in [0.2, 0.25) is 0 Å². The number of ether oxygens (including phenoxy) is 1. The molecule has 1 aliphatic carbocycles. The first kappa shape index (κ1) is 24.8. The van der Waals surface area contributed by atoms with Crippen molar-refractivity contribution >= 4 is 23.1 Å². The summed E-state index contributed by atoms with van der Waals surface area (Å²) in [5, 5.41) is 11.6. The standard InChI is InChI=1S/C32H33NO4/c1-19(2)37-27-11-7-10-24(18-27)29-28(30(34)25-14-13-22-8-5-6-9-23(22)17-25)31(35)32(36)33(29)26-15-12-20(3)21(4)16-26/h7,10-19,29,34H,5-6,8-9H2,1-4H3/b30-28-. The van der Waals surface area contributed by atoms with Crippen LogP contribution >= 0.6 is 0 Å². The molecule has 3 aromatic carbocycles.